The molecule has 1 aliphatic heterocycles. The number of rotatable bonds is 14. The average Bonchev–Trinajstić information content (AvgIpc) is 3.65. The van der Waals surface area contributed by atoms with Crippen molar-refractivity contribution in [2.24, 2.45) is 5.92 Å². The van der Waals surface area contributed by atoms with Gasteiger partial charge >= 0.3 is 0 Å². The summed E-state index contributed by atoms with van der Waals surface area (Å²) in [6, 6.07) is 9.61. The maximum absolute atomic E-state index is 15.0. The van der Waals surface area contributed by atoms with Crippen molar-refractivity contribution in [3.05, 3.63) is 57.2 Å². The van der Waals surface area contributed by atoms with Gasteiger partial charge in [-0.3, -0.25) is 19.3 Å². The lowest BCUT2D eigenvalue weighted by atomic mass is 9.89. The number of carbonyl (C=O) groups excluding carboxylic acids is 3. The Morgan fingerprint density at radius 3 is 2.34 bits per heavy atom. The van der Waals surface area contributed by atoms with E-state index in [-0.39, 0.29) is 21.0 Å². The molecule has 2 aliphatic rings. The lowest BCUT2D eigenvalue weighted by Gasteiger charge is -2.35. The molecule has 1 saturated heterocycles. The number of hydrogen-bond acceptors (Lipinski definition) is 6. The second kappa shape index (κ2) is 15.1. The Morgan fingerprint density at radius 1 is 1.06 bits per heavy atom. The van der Waals surface area contributed by atoms with E-state index in [9.17, 15) is 18.9 Å². The summed E-state index contributed by atoms with van der Waals surface area (Å²) < 4.78 is 15.0. The number of amides is 2. The van der Waals surface area contributed by atoms with Gasteiger partial charge in [0.2, 0.25) is 5.91 Å². The Kier molecular flexibility index (Phi) is 11.4. The molecule has 0 spiro atoms. The first-order chi connectivity index (χ1) is 22.3. The van der Waals surface area contributed by atoms with Gasteiger partial charge in [-0.2, -0.15) is 5.12 Å². The van der Waals surface area contributed by atoms with Gasteiger partial charge in [-0.15, -0.1) is 11.3 Å². The number of piperazine rings is 1. The Balaban J connectivity index is 1.32. The molecule has 47 heavy (non-hydrogen) atoms. The Bertz CT molecular complexity index is 1610. The Morgan fingerprint density at radius 2 is 1.72 bits per heavy atom. The minimum atomic E-state index is -0.967. The van der Waals surface area contributed by atoms with Crippen LogP contribution in [0.3, 0.4) is 0 Å². The summed E-state index contributed by atoms with van der Waals surface area (Å²) in [6.07, 6.45) is 5.45. The standard InChI is InChI=1S/C36H49FN5O3PS/c1-24-17-25(2)19-27(18-24)33-29(10-11-40-13-15-41(16-14-40)22-28(46-23-43)20-32(44)39(5)6)30-21-31(47-34(30)38-33)36(3,4)35(45)42(37)12-9-26-7-8-26/h17-21,23,26,38,46H,7-16,22H2,1-6H3/b28-20-. The van der Waals surface area contributed by atoms with E-state index >= 15 is 0 Å². The first-order valence-electron chi connectivity index (χ1n) is 16.6. The van der Waals surface area contributed by atoms with Gasteiger partial charge in [0.1, 0.15) is 10.9 Å². The molecule has 8 nitrogen and oxygen atoms in total. The number of carbonyl (C=O) groups is 3. The van der Waals surface area contributed by atoms with Gasteiger partial charge in [-0.25, -0.2) is 0 Å². The lowest BCUT2D eigenvalue weighted by molar-refractivity contribution is -0.152. The first-order valence-corrected chi connectivity index (χ1v) is 18.5. The molecule has 0 radical (unpaired) electrons. The third-order valence-electron chi connectivity index (χ3n) is 9.43. The fourth-order valence-electron chi connectivity index (χ4n) is 6.35. The molecule has 11 heteroatoms. The number of nitrogens with one attached hydrogen (secondary N) is 1. The fourth-order valence-corrected chi connectivity index (χ4v) is 8.20. The molecule has 254 valence electrons. The van der Waals surface area contributed by atoms with Crippen LogP contribution >= 0.6 is 19.9 Å². The van der Waals surface area contributed by atoms with Gasteiger partial charge in [0, 0.05) is 69.7 Å². The van der Waals surface area contributed by atoms with Crippen molar-refractivity contribution in [1.29, 1.82) is 0 Å². The normalized spacial score (nSPS) is 16.8. The monoisotopic (exact) mass is 681 g/mol. The summed E-state index contributed by atoms with van der Waals surface area (Å²) in [5.41, 5.74) is 4.93. The number of likely N-dealkylation sites (N-methyl/N-ethyl adjacent to an activating group) is 1. The number of nitrogens with zero attached hydrogens (tertiary/aromatic N) is 4. The minimum Gasteiger partial charge on any atom is -0.346 e. The maximum atomic E-state index is 15.0. The van der Waals surface area contributed by atoms with Gasteiger partial charge in [-0.05, 0) is 89.7 Å². The number of thiophene rings is 1. The van der Waals surface area contributed by atoms with Crippen LogP contribution in [0.1, 0.15) is 54.7 Å². The smallest absolute Gasteiger partial charge is 0.261 e. The van der Waals surface area contributed by atoms with E-state index in [1.165, 1.54) is 21.6 Å². The van der Waals surface area contributed by atoms with E-state index < -0.39 is 11.3 Å². The van der Waals surface area contributed by atoms with Crippen molar-refractivity contribution >= 4 is 48.0 Å². The summed E-state index contributed by atoms with van der Waals surface area (Å²) in [7, 11) is 3.43. The van der Waals surface area contributed by atoms with E-state index in [1.807, 2.05) is 13.8 Å². The van der Waals surface area contributed by atoms with Gasteiger partial charge in [0.25, 0.3) is 5.91 Å². The van der Waals surface area contributed by atoms with Crippen LogP contribution in [0.2, 0.25) is 0 Å². The first kappa shape index (κ1) is 35.4. The molecular formula is C36H49FN5O3PS. The molecule has 1 aromatic carbocycles. The Hall–Kier alpha value is -2.91. The molecule has 1 unspecified atom stereocenters. The zero-order valence-electron chi connectivity index (χ0n) is 28.6. The molecular weight excluding hydrogens is 632 g/mol. The van der Waals surface area contributed by atoms with Crippen LogP contribution in [0.4, 0.5) is 4.48 Å². The predicted molar refractivity (Wildman–Crippen MR) is 193 cm³/mol. The van der Waals surface area contributed by atoms with Crippen LogP contribution in [0.5, 0.6) is 0 Å². The summed E-state index contributed by atoms with van der Waals surface area (Å²) >= 11 is 1.56. The van der Waals surface area contributed by atoms with E-state index in [0.717, 1.165) is 96.1 Å². The Labute approximate surface area is 284 Å². The van der Waals surface area contributed by atoms with Crippen LogP contribution in [0.15, 0.2) is 35.7 Å². The molecule has 0 bridgehead atoms. The van der Waals surface area contributed by atoms with Crippen molar-refractivity contribution in [3.63, 3.8) is 0 Å². The van der Waals surface area contributed by atoms with E-state index in [0.29, 0.717) is 17.6 Å². The molecule has 1 N–H and O–H groups in total. The summed E-state index contributed by atoms with van der Waals surface area (Å²) in [6.45, 7) is 13.1. The number of halogens is 1. The SMILES string of the molecule is Cc1cc(C)cc(-c2[nH]c3sc(C(C)(C)C(=O)N(F)CCC4CC4)cc3c2CCN2CCN(C/C(=C/C(=O)N(C)C)PC=O)CC2)c1. The van der Waals surface area contributed by atoms with E-state index in [2.05, 4.69) is 52.9 Å². The van der Waals surface area contributed by atoms with Gasteiger partial charge < -0.3 is 14.8 Å². The van der Waals surface area contributed by atoms with Crippen molar-refractivity contribution in [2.45, 2.75) is 58.8 Å². The minimum absolute atomic E-state index is 0.00602. The third-order valence-corrected chi connectivity index (χ3v) is 11.6. The highest BCUT2D eigenvalue weighted by atomic mass is 32.1. The molecule has 1 saturated carbocycles. The number of H-pyrrole nitrogens is 1. The molecule has 2 fully saturated rings. The second-order valence-electron chi connectivity index (χ2n) is 14.0. The predicted octanol–water partition coefficient (Wildman–Crippen LogP) is 6.30. The molecule has 2 aromatic heterocycles. The third kappa shape index (κ3) is 8.77. The quantitative estimate of drug-likeness (QED) is 0.0935. The lowest BCUT2D eigenvalue weighted by Crippen LogP contribution is -2.47. The van der Waals surface area contributed by atoms with Crippen LogP contribution in [0, 0.1) is 19.8 Å². The molecule has 5 rings (SSSR count). The zero-order valence-corrected chi connectivity index (χ0v) is 30.4. The highest BCUT2D eigenvalue weighted by Gasteiger charge is 2.37. The highest BCUT2D eigenvalue weighted by molar-refractivity contribution is 7.59. The van der Waals surface area contributed by atoms with Crippen LogP contribution in [0.25, 0.3) is 21.5 Å². The molecule has 3 aromatic rings. The van der Waals surface area contributed by atoms with E-state index in [4.69, 9.17) is 0 Å². The summed E-state index contributed by atoms with van der Waals surface area (Å²) in [4.78, 5) is 48.7. The number of fused-ring (bicyclic) bond motifs is 1. The van der Waals surface area contributed by atoms with Crippen LogP contribution < -0.4 is 0 Å². The van der Waals surface area contributed by atoms with Crippen molar-refractivity contribution < 1.29 is 18.9 Å². The number of benzene rings is 1. The average molecular weight is 682 g/mol. The van der Waals surface area contributed by atoms with Crippen LogP contribution in [-0.2, 0) is 26.2 Å². The van der Waals surface area contributed by atoms with Crippen molar-refractivity contribution in [1.82, 2.24) is 24.8 Å². The molecule has 3 heterocycles. The molecule has 1 atom stereocenters. The van der Waals surface area contributed by atoms with Crippen molar-refractivity contribution in [2.75, 3.05) is 59.9 Å². The van der Waals surface area contributed by atoms with Gasteiger partial charge in [0.15, 0.2) is 0 Å². The maximum Gasteiger partial charge on any atom is 0.261 e. The molecule has 1 aliphatic carbocycles. The largest absolute Gasteiger partial charge is 0.346 e. The van der Waals surface area contributed by atoms with Gasteiger partial charge in [0.05, 0.1) is 17.7 Å². The van der Waals surface area contributed by atoms with Gasteiger partial charge in [-0.1, -0.05) is 34.5 Å². The fraction of sp³-hybridized carbons (Fsp3) is 0.528. The summed E-state index contributed by atoms with van der Waals surface area (Å²) in [5, 5.41) is 2.41. The number of hydrogen-bond donors (Lipinski definition) is 1. The topological polar surface area (TPSA) is 80.0 Å². The number of aryl methyl sites for hydroxylation is 2. The van der Waals surface area contributed by atoms with Crippen LogP contribution in [-0.4, -0.2) is 103 Å². The van der Waals surface area contributed by atoms with Crippen molar-refractivity contribution in [3.8, 4) is 11.3 Å². The number of aromatic nitrogens is 1. The number of aromatic amines is 1. The van der Waals surface area contributed by atoms with E-state index in [1.54, 1.807) is 31.5 Å². The highest BCUT2D eigenvalue weighted by Crippen LogP contribution is 2.41. The zero-order chi connectivity index (χ0) is 33.9. The molecule has 2 amide bonds. The second-order valence-corrected chi connectivity index (χ2v) is 16.2. The summed E-state index contributed by atoms with van der Waals surface area (Å²) in [5.74, 6) is -0.00627.